The molecule has 25 heteroatoms. The molecule has 0 spiro atoms. The minimum atomic E-state index is -1.77. The van der Waals surface area contributed by atoms with E-state index in [4.69, 9.17) is 26.8 Å². The first-order chi connectivity index (χ1) is 26.0. The van der Waals surface area contributed by atoms with Crippen LogP contribution < -0.4 is 59.6 Å². The number of rotatable bonds is 25. The third kappa shape index (κ3) is 21.6. The van der Waals surface area contributed by atoms with E-state index in [1.54, 1.807) is 6.92 Å². The maximum absolute atomic E-state index is 12.9. The molecule has 0 saturated heterocycles. The van der Waals surface area contributed by atoms with Gasteiger partial charge in [-0.1, -0.05) is 12.8 Å². The van der Waals surface area contributed by atoms with E-state index in [2.05, 4.69) is 52.2 Å². The number of carboxylic acids is 2. The van der Waals surface area contributed by atoms with Crippen molar-refractivity contribution in [3.63, 3.8) is 0 Å². The number of hydrogen-bond acceptors (Lipinski definition) is 12. The van der Waals surface area contributed by atoms with Crippen LogP contribution in [0.15, 0.2) is 15.9 Å². The van der Waals surface area contributed by atoms with Gasteiger partial charge < -0.3 is 64.0 Å². The number of aryl methyl sites for hydroxylation is 1. The van der Waals surface area contributed by atoms with Gasteiger partial charge in [0.15, 0.2) is 5.96 Å². The van der Waals surface area contributed by atoms with Gasteiger partial charge in [0.1, 0.15) is 18.1 Å². The summed E-state index contributed by atoms with van der Waals surface area (Å²) in [6, 6.07) is -4.67. The first-order valence-electron chi connectivity index (χ1n) is 16.9. The molecule has 1 rings (SSSR count). The van der Waals surface area contributed by atoms with Gasteiger partial charge in [0.25, 0.3) is 5.56 Å². The molecule has 0 aliphatic carbocycles. The number of nitrogens with zero attached hydrogens (tertiary/aromatic N) is 2. The topological polar surface area (TPSA) is 404 Å². The van der Waals surface area contributed by atoms with Crippen molar-refractivity contribution in [3.8, 4) is 0 Å². The number of aliphatic hydroxyl groups excluding tert-OH is 1. The molecule has 1 aromatic heterocycles. The number of amides is 8. The Bertz CT molecular complexity index is 1580. The first kappa shape index (κ1) is 46.5. The summed E-state index contributed by atoms with van der Waals surface area (Å²) in [4.78, 5) is 118. The summed E-state index contributed by atoms with van der Waals surface area (Å²) in [5, 5.41) is 45.8. The molecule has 55 heavy (non-hydrogen) atoms. The van der Waals surface area contributed by atoms with Crippen molar-refractivity contribution in [2.45, 2.75) is 70.0 Å². The number of carbonyl (C=O) groups excluding carboxylic acids is 6. The summed E-state index contributed by atoms with van der Waals surface area (Å²) < 4.78 is 0. The fourth-order valence-corrected chi connectivity index (χ4v) is 4.42. The number of aromatic nitrogens is 2. The number of nitrogens with one attached hydrogen (secondary N) is 9. The van der Waals surface area contributed by atoms with Gasteiger partial charge in [-0.2, -0.15) is 0 Å². The Morgan fingerprint density at radius 1 is 0.782 bits per heavy atom. The molecule has 0 aliphatic rings. The molecule has 0 unspecified atom stereocenters. The highest BCUT2D eigenvalue weighted by Gasteiger charge is 2.28. The smallest absolute Gasteiger partial charge is 0.328 e. The minimum absolute atomic E-state index is 0.0189. The normalized spacial score (nSPS) is 12.0. The number of hydrogen-bond donors (Lipinski definition) is 14. The highest BCUT2D eigenvalue weighted by molar-refractivity contribution is 5.95. The second-order valence-corrected chi connectivity index (χ2v) is 11.7. The van der Waals surface area contributed by atoms with Gasteiger partial charge in [0.05, 0.1) is 26.1 Å². The Balaban J connectivity index is 2.51. The molecule has 0 aromatic carbocycles. The third-order valence-corrected chi connectivity index (χ3v) is 7.03. The predicted molar refractivity (Wildman–Crippen MR) is 192 cm³/mol. The molecule has 25 nitrogen and oxygen atoms in total. The Morgan fingerprint density at radius 2 is 1.38 bits per heavy atom. The molecule has 0 bridgehead atoms. The number of H-pyrrole nitrogens is 1. The van der Waals surface area contributed by atoms with Gasteiger partial charge in [-0.3, -0.25) is 44.1 Å². The second kappa shape index (κ2) is 25.4. The second-order valence-electron chi connectivity index (χ2n) is 11.7. The van der Waals surface area contributed by atoms with E-state index in [0.29, 0.717) is 31.5 Å². The van der Waals surface area contributed by atoms with E-state index in [1.165, 1.54) is 6.07 Å². The average molecular weight is 784 g/mol. The van der Waals surface area contributed by atoms with Crippen LogP contribution in [0.1, 0.15) is 50.6 Å². The fourth-order valence-electron chi connectivity index (χ4n) is 4.42. The summed E-state index contributed by atoms with van der Waals surface area (Å²) in [7, 11) is 0. The van der Waals surface area contributed by atoms with Crippen molar-refractivity contribution in [3.05, 3.63) is 22.1 Å². The van der Waals surface area contributed by atoms with E-state index < -0.39 is 97.4 Å². The molecular weight excluding hydrogens is 734 g/mol. The van der Waals surface area contributed by atoms with E-state index in [0.717, 1.165) is 6.42 Å². The molecule has 3 atom stereocenters. The molecule has 0 saturated carbocycles. The van der Waals surface area contributed by atoms with Crippen LogP contribution in [0.25, 0.3) is 0 Å². The molecular formula is C30H49N13O12. The summed E-state index contributed by atoms with van der Waals surface area (Å²) >= 11 is 0. The SMILES string of the molecule is Cc1cc(=O)[nH]c(NC(=O)NCCCCCCNC(=O)NCC(=O)N[C@H](CCCN=C(N)N)C(=O)NCC(=O)N[C@H](CC(=O)O)C(=O)N[C@@H](CO)C(=O)O)n1. The maximum atomic E-state index is 12.9. The van der Waals surface area contributed by atoms with Gasteiger partial charge >= 0.3 is 24.0 Å². The van der Waals surface area contributed by atoms with Crippen LogP contribution in [0.3, 0.4) is 0 Å². The zero-order chi connectivity index (χ0) is 41.3. The number of anilines is 1. The molecule has 0 radical (unpaired) electrons. The highest BCUT2D eigenvalue weighted by atomic mass is 16.4. The van der Waals surface area contributed by atoms with Crippen LogP contribution in [0.4, 0.5) is 15.5 Å². The lowest BCUT2D eigenvalue weighted by molar-refractivity contribution is -0.144. The lowest BCUT2D eigenvalue weighted by atomic mass is 10.1. The number of aromatic amines is 1. The van der Waals surface area contributed by atoms with Crippen molar-refractivity contribution >= 4 is 59.5 Å². The highest BCUT2D eigenvalue weighted by Crippen LogP contribution is 2.01. The van der Waals surface area contributed by atoms with Crippen LogP contribution in [0, 0.1) is 6.92 Å². The van der Waals surface area contributed by atoms with Crippen LogP contribution in [0.5, 0.6) is 0 Å². The zero-order valence-corrected chi connectivity index (χ0v) is 30.1. The molecule has 0 fully saturated rings. The van der Waals surface area contributed by atoms with Crippen molar-refractivity contribution in [1.82, 2.24) is 47.2 Å². The summed E-state index contributed by atoms with van der Waals surface area (Å²) in [6.45, 7) is 0.0237. The number of aliphatic hydroxyl groups is 1. The zero-order valence-electron chi connectivity index (χ0n) is 30.1. The Labute approximate surface area is 313 Å². The van der Waals surface area contributed by atoms with Crippen LogP contribution in [0.2, 0.25) is 0 Å². The number of aliphatic imine (C=N–C) groups is 1. The van der Waals surface area contributed by atoms with Gasteiger partial charge in [0.2, 0.25) is 29.6 Å². The lowest BCUT2D eigenvalue weighted by Crippen LogP contribution is -2.55. The van der Waals surface area contributed by atoms with Gasteiger partial charge in [-0.05, 0) is 32.6 Å². The largest absolute Gasteiger partial charge is 0.481 e. The molecule has 306 valence electrons. The predicted octanol–water partition coefficient (Wildman–Crippen LogP) is -4.76. The van der Waals surface area contributed by atoms with E-state index in [1.807, 2.05) is 5.32 Å². The van der Waals surface area contributed by atoms with Crippen LogP contribution in [-0.2, 0) is 28.8 Å². The molecule has 0 aliphatic heterocycles. The Morgan fingerprint density at radius 3 is 1.95 bits per heavy atom. The fraction of sp³-hybridized carbons (Fsp3) is 0.567. The standard InChI is InChI=1S/C30H49N13O12/c1-16-11-20(45)42-28(38-16)43-30(55)35-9-5-3-2-4-8-34-29(54)37-14-22(47)39-17(7-6-10-33-27(31)32)24(50)36-13-21(46)40-18(12-23(48)49)25(51)41-19(15-44)26(52)53/h11,17-19,44H,2-10,12-15H2,1H3,(H,36,50)(H,39,47)(H,40,46)(H,41,51)(H,48,49)(H,52,53)(H4,31,32,33)(H2,34,37,54)(H3,35,38,42,43,45,55)/t17-,18-,19+/m1/s1. The van der Waals surface area contributed by atoms with E-state index >= 15 is 0 Å². The van der Waals surface area contributed by atoms with Crippen molar-refractivity contribution in [1.29, 1.82) is 0 Å². The number of guanidine groups is 1. The molecule has 1 aromatic rings. The van der Waals surface area contributed by atoms with Crippen molar-refractivity contribution < 1.29 is 53.7 Å². The van der Waals surface area contributed by atoms with Gasteiger partial charge in [-0.25, -0.2) is 19.4 Å². The number of unbranched alkanes of at least 4 members (excludes halogenated alkanes) is 3. The molecule has 16 N–H and O–H groups in total. The maximum Gasteiger partial charge on any atom is 0.328 e. The summed E-state index contributed by atoms with van der Waals surface area (Å²) in [6.07, 6.45) is 1.92. The number of carbonyl (C=O) groups is 8. The molecule has 8 amide bonds. The van der Waals surface area contributed by atoms with Crippen LogP contribution in [-0.4, -0.2) is 136 Å². The van der Waals surface area contributed by atoms with E-state index in [9.17, 15) is 43.2 Å². The van der Waals surface area contributed by atoms with Gasteiger partial charge in [-0.15, -0.1) is 0 Å². The minimum Gasteiger partial charge on any atom is -0.481 e. The number of urea groups is 2. The molecule has 1 heterocycles. The Kier molecular flexibility index (Phi) is 21.5. The van der Waals surface area contributed by atoms with Crippen LogP contribution >= 0.6 is 0 Å². The van der Waals surface area contributed by atoms with Crippen molar-refractivity contribution in [2.24, 2.45) is 16.5 Å². The first-order valence-corrected chi connectivity index (χ1v) is 16.9. The quantitative estimate of drug-likeness (QED) is 0.0251. The van der Waals surface area contributed by atoms with Crippen molar-refractivity contribution in [2.75, 3.05) is 44.6 Å². The number of carboxylic acid groups (broad SMARTS) is 2. The lowest BCUT2D eigenvalue weighted by Gasteiger charge is -2.21. The van der Waals surface area contributed by atoms with Gasteiger partial charge in [0, 0.05) is 31.4 Å². The average Bonchev–Trinajstić information content (AvgIpc) is 3.09. The Hall–Kier alpha value is -6.53. The number of nitrogens with two attached hydrogens (primary N) is 2. The van der Waals surface area contributed by atoms with E-state index in [-0.39, 0.29) is 37.8 Å². The summed E-state index contributed by atoms with van der Waals surface area (Å²) in [5.74, 6) is -7.18. The monoisotopic (exact) mass is 783 g/mol. The number of aliphatic carboxylic acids is 2. The summed E-state index contributed by atoms with van der Waals surface area (Å²) in [5.41, 5.74) is 10.7. The third-order valence-electron chi connectivity index (χ3n) is 7.03.